The Morgan fingerprint density at radius 1 is 1.00 bits per heavy atom. The van der Waals surface area contributed by atoms with Gasteiger partial charge in [-0.15, -0.1) is 0 Å². The van der Waals surface area contributed by atoms with Gasteiger partial charge < -0.3 is 10.6 Å². The van der Waals surface area contributed by atoms with Crippen LogP contribution in [0.5, 0.6) is 0 Å². The molecule has 0 heterocycles. The molecule has 3 heteroatoms. The van der Waals surface area contributed by atoms with Crippen molar-refractivity contribution in [3.05, 3.63) is 65.7 Å². The lowest BCUT2D eigenvalue weighted by Crippen LogP contribution is -2.30. The first-order chi connectivity index (χ1) is 10.1. The summed E-state index contributed by atoms with van der Waals surface area (Å²) in [6.07, 6.45) is 0.967. The van der Waals surface area contributed by atoms with Crippen LogP contribution in [0.4, 0.5) is 5.69 Å². The van der Waals surface area contributed by atoms with E-state index in [2.05, 4.69) is 73.0 Å². The molecule has 0 spiro atoms. The van der Waals surface area contributed by atoms with Gasteiger partial charge in [-0.2, -0.15) is 0 Å². The van der Waals surface area contributed by atoms with Crippen LogP contribution in [0.25, 0.3) is 0 Å². The third kappa shape index (κ3) is 5.20. The molecule has 2 N–H and O–H groups in total. The Hall–Kier alpha value is -1.87. The van der Waals surface area contributed by atoms with E-state index in [0.717, 1.165) is 18.7 Å². The molecule has 2 aromatic carbocycles. The molecule has 2 rings (SSSR count). The van der Waals surface area contributed by atoms with Gasteiger partial charge in [-0.25, -0.2) is 0 Å². The van der Waals surface area contributed by atoms with Crippen LogP contribution < -0.4 is 10.6 Å². The number of hydrogen-bond acceptors (Lipinski definition) is 1. The highest BCUT2D eigenvalue weighted by Crippen LogP contribution is 2.16. The van der Waals surface area contributed by atoms with Gasteiger partial charge in [-0.1, -0.05) is 56.3 Å². The minimum absolute atomic E-state index is 0.551. The molecule has 110 valence electrons. The topological polar surface area (TPSA) is 24.1 Å². The Morgan fingerprint density at radius 2 is 1.67 bits per heavy atom. The average Bonchev–Trinajstić information content (AvgIpc) is 2.49. The summed E-state index contributed by atoms with van der Waals surface area (Å²) >= 11 is 5.31. The summed E-state index contributed by atoms with van der Waals surface area (Å²) in [6.45, 7) is 5.22. The number of nitrogens with one attached hydrogen (secondary N) is 2. The van der Waals surface area contributed by atoms with Crippen molar-refractivity contribution in [1.82, 2.24) is 5.32 Å². The van der Waals surface area contributed by atoms with Crippen molar-refractivity contribution in [3.63, 3.8) is 0 Å². The van der Waals surface area contributed by atoms with Gasteiger partial charge in [0, 0.05) is 12.2 Å². The molecule has 0 amide bonds. The number of thiocarbonyl (C=S) groups is 1. The first-order valence-corrected chi connectivity index (χ1v) is 7.74. The van der Waals surface area contributed by atoms with Gasteiger partial charge in [-0.3, -0.25) is 0 Å². The van der Waals surface area contributed by atoms with Gasteiger partial charge in [-0.05, 0) is 47.8 Å². The largest absolute Gasteiger partial charge is 0.362 e. The molecule has 0 aliphatic rings. The Bertz CT molecular complexity index is 562. The minimum atomic E-state index is 0.551. The monoisotopic (exact) mass is 298 g/mol. The predicted molar refractivity (Wildman–Crippen MR) is 94.9 cm³/mol. The average molecular weight is 298 g/mol. The fraction of sp³-hybridized carbons (Fsp3) is 0.278. The van der Waals surface area contributed by atoms with Crippen molar-refractivity contribution in [2.24, 2.45) is 0 Å². The van der Waals surface area contributed by atoms with E-state index in [-0.39, 0.29) is 0 Å². The second kappa shape index (κ2) is 7.79. The molecule has 0 radical (unpaired) electrons. The second-order valence-corrected chi connectivity index (χ2v) is 5.80. The zero-order valence-corrected chi connectivity index (χ0v) is 13.4. The van der Waals surface area contributed by atoms with E-state index in [0.29, 0.717) is 11.0 Å². The van der Waals surface area contributed by atoms with Gasteiger partial charge >= 0.3 is 0 Å². The van der Waals surface area contributed by atoms with Gasteiger partial charge in [0.2, 0.25) is 0 Å². The van der Waals surface area contributed by atoms with Crippen molar-refractivity contribution in [2.75, 3.05) is 11.9 Å². The summed E-state index contributed by atoms with van der Waals surface area (Å²) in [5.74, 6) is 0.551. The lowest BCUT2D eigenvalue weighted by molar-refractivity contribution is 0.866. The first kappa shape index (κ1) is 15.5. The second-order valence-electron chi connectivity index (χ2n) is 5.39. The molecule has 2 nitrogen and oxygen atoms in total. The van der Waals surface area contributed by atoms with E-state index in [1.165, 1.54) is 11.1 Å². The van der Waals surface area contributed by atoms with Crippen LogP contribution in [0.3, 0.4) is 0 Å². The van der Waals surface area contributed by atoms with E-state index in [9.17, 15) is 0 Å². The molecule has 0 fully saturated rings. The molecule has 0 saturated carbocycles. The maximum Gasteiger partial charge on any atom is 0.170 e. The zero-order valence-electron chi connectivity index (χ0n) is 12.6. The highest BCUT2D eigenvalue weighted by molar-refractivity contribution is 7.80. The maximum atomic E-state index is 5.31. The van der Waals surface area contributed by atoms with Gasteiger partial charge in [0.1, 0.15) is 0 Å². The lowest BCUT2D eigenvalue weighted by atomic mass is 10.0. The van der Waals surface area contributed by atoms with Crippen LogP contribution in [0.2, 0.25) is 0 Å². The number of anilines is 1. The fourth-order valence-electron chi connectivity index (χ4n) is 2.09. The van der Waals surface area contributed by atoms with Crippen molar-refractivity contribution < 1.29 is 0 Å². The molecular weight excluding hydrogens is 276 g/mol. The fourth-order valence-corrected chi connectivity index (χ4v) is 2.31. The molecule has 0 aromatic heterocycles. The molecule has 0 aliphatic carbocycles. The summed E-state index contributed by atoms with van der Waals surface area (Å²) in [6, 6.07) is 18.8. The molecule has 0 atom stereocenters. The summed E-state index contributed by atoms with van der Waals surface area (Å²) in [4.78, 5) is 0. The smallest absolute Gasteiger partial charge is 0.170 e. The SMILES string of the molecule is CC(C)c1ccc(NC(=S)NCCc2ccccc2)cc1. The molecule has 0 bridgehead atoms. The van der Waals surface area contributed by atoms with Gasteiger partial charge in [0.15, 0.2) is 5.11 Å². The van der Waals surface area contributed by atoms with Crippen LogP contribution in [0, 0.1) is 0 Å². The Morgan fingerprint density at radius 3 is 2.29 bits per heavy atom. The third-order valence-corrected chi connectivity index (χ3v) is 3.62. The molecule has 0 saturated heterocycles. The standard InChI is InChI=1S/C18H22N2S/c1-14(2)16-8-10-17(11-9-16)20-18(21)19-13-12-15-6-4-3-5-7-15/h3-11,14H,12-13H2,1-2H3,(H2,19,20,21). The first-order valence-electron chi connectivity index (χ1n) is 7.34. The lowest BCUT2D eigenvalue weighted by Gasteiger charge is -2.12. The van der Waals surface area contributed by atoms with Crippen molar-refractivity contribution in [1.29, 1.82) is 0 Å². The van der Waals surface area contributed by atoms with E-state index in [1.54, 1.807) is 0 Å². The van der Waals surface area contributed by atoms with E-state index in [1.807, 2.05) is 6.07 Å². The molecule has 0 aliphatic heterocycles. The molecule has 21 heavy (non-hydrogen) atoms. The molecule has 2 aromatic rings. The minimum Gasteiger partial charge on any atom is -0.362 e. The van der Waals surface area contributed by atoms with Crippen molar-refractivity contribution in [3.8, 4) is 0 Å². The number of benzene rings is 2. The molecular formula is C18H22N2S. The Kier molecular flexibility index (Phi) is 5.76. The van der Waals surface area contributed by atoms with Crippen LogP contribution in [-0.2, 0) is 6.42 Å². The maximum absolute atomic E-state index is 5.31. The van der Waals surface area contributed by atoms with E-state index in [4.69, 9.17) is 12.2 Å². The zero-order chi connectivity index (χ0) is 15.1. The summed E-state index contributed by atoms with van der Waals surface area (Å²) in [7, 11) is 0. The van der Waals surface area contributed by atoms with Crippen LogP contribution in [0.15, 0.2) is 54.6 Å². The number of rotatable bonds is 5. The van der Waals surface area contributed by atoms with Crippen molar-refractivity contribution >= 4 is 23.0 Å². The summed E-state index contributed by atoms with van der Waals surface area (Å²) in [5, 5.41) is 7.12. The summed E-state index contributed by atoms with van der Waals surface area (Å²) < 4.78 is 0. The van der Waals surface area contributed by atoms with Crippen LogP contribution in [0.1, 0.15) is 30.9 Å². The number of hydrogen-bond donors (Lipinski definition) is 2. The highest BCUT2D eigenvalue weighted by atomic mass is 32.1. The van der Waals surface area contributed by atoms with Gasteiger partial charge in [0.05, 0.1) is 0 Å². The quantitative estimate of drug-likeness (QED) is 0.803. The predicted octanol–water partition coefficient (Wildman–Crippen LogP) is 4.34. The van der Waals surface area contributed by atoms with Gasteiger partial charge in [0.25, 0.3) is 0 Å². The molecule has 0 unspecified atom stereocenters. The van der Waals surface area contributed by atoms with Crippen molar-refractivity contribution in [2.45, 2.75) is 26.2 Å². The Balaban J connectivity index is 1.76. The van der Waals surface area contributed by atoms with Crippen LogP contribution >= 0.6 is 12.2 Å². The third-order valence-electron chi connectivity index (χ3n) is 3.38. The Labute approximate surface area is 132 Å². The van der Waals surface area contributed by atoms with Crippen LogP contribution in [-0.4, -0.2) is 11.7 Å². The highest BCUT2D eigenvalue weighted by Gasteiger charge is 2.00. The summed E-state index contributed by atoms with van der Waals surface area (Å²) in [5.41, 5.74) is 3.68. The normalized spacial score (nSPS) is 10.4. The van der Waals surface area contributed by atoms with E-state index < -0.39 is 0 Å². The van der Waals surface area contributed by atoms with E-state index >= 15 is 0 Å².